The van der Waals surface area contributed by atoms with Gasteiger partial charge in [-0.05, 0) is 53.7 Å². The number of phenols is 1. The Labute approximate surface area is 148 Å². The number of hydrogen-bond donors (Lipinski definition) is 2. The number of halogens is 1. The van der Waals surface area contributed by atoms with Gasteiger partial charge in [-0.15, -0.1) is 0 Å². The van der Waals surface area contributed by atoms with Crippen LogP contribution in [-0.2, 0) is 4.79 Å². The molecular weight excluding hydrogens is 344 g/mol. The van der Waals surface area contributed by atoms with Crippen LogP contribution in [0.4, 0.5) is 5.69 Å². The molecule has 24 heavy (non-hydrogen) atoms. The lowest BCUT2D eigenvalue weighted by Crippen LogP contribution is -2.19. The molecule has 0 aliphatic carbocycles. The Morgan fingerprint density at radius 3 is 2.54 bits per heavy atom. The molecule has 1 amide bonds. The molecule has 0 unspecified atom stereocenters. The lowest BCUT2D eigenvalue weighted by molar-refractivity contribution is -0.115. The number of thioether (sulfide) groups is 1. The minimum atomic E-state index is -0.239. The van der Waals surface area contributed by atoms with Crippen molar-refractivity contribution >= 4 is 46.2 Å². The molecule has 1 aliphatic heterocycles. The van der Waals surface area contributed by atoms with Crippen molar-refractivity contribution in [2.24, 2.45) is 4.99 Å². The van der Waals surface area contributed by atoms with E-state index in [1.807, 2.05) is 30.3 Å². The van der Waals surface area contributed by atoms with Crippen molar-refractivity contribution in [3.63, 3.8) is 0 Å². The summed E-state index contributed by atoms with van der Waals surface area (Å²) in [6, 6.07) is 16.0. The average Bonchev–Trinajstić information content (AvgIpc) is 2.90. The fraction of sp³-hybridized carbons (Fsp3) is 0. The van der Waals surface area contributed by atoms with Gasteiger partial charge in [-0.1, -0.05) is 41.9 Å². The van der Waals surface area contributed by atoms with Crippen LogP contribution in [0.3, 0.4) is 0 Å². The summed E-state index contributed by atoms with van der Waals surface area (Å²) in [6.07, 6.45) is 3.41. The summed E-state index contributed by atoms with van der Waals surface area (Å²) in [5.41, 5.74) is 1.60. The number of rotatable bonds is 3. The molecule has 1 saturated heterocycles. The van der Waals surface area contributed by atoms with Crippen LogP contribution < -0.4 is 5.32 Å². The van der Waals surface area contributed by atoms with E-state index in [0.29, 0.717) is 20.8 Å². The van der Waals surface area contributed by atoms with Gasteiger partial charge in [0.05, 0.1) is 10.6 Å². The molecule has 0 spiro atoms. The van der Waals surface area contributed by atoms with Crippen LogP contribution in [0.2, 0.25) is 0 Å². The molecule has 6 heteroatoms. The predicted molar refractivity (Wildman–Crippen MR) is 99.3 cm³/mol. The first-order valence-corrected chi connectivity index (χ1v) is 8.30. The first-order chi connectivity index (χ1) is 11.6. The molecule has 0 atom stereocenters. The minimum Gasteiger partial charge on any atom is -0.508 e. The van der Waals surface area contributed by atoms with Crippen molar-refractivity contribution in [2.45, 2.75) is 0 Å². The number of amidine groups is 1. The average molecular weight is 357 g/mol. The molecule has 0 radical (unpaired) electrons. The summed E-state index contributed by atoms with van der Waals surface area (Å²) in [7, 11) is 0. The van der Waals surface area contributed by atoms with Crippen LogP contribution in [0.25, 0.3) is 6.08 Å². The van der Waals surface area contributed by atoms with Crippen molar-refractivity contribution in [3.8, 4) is 5.75 Å². The van der Waals surface area contributed by atoms with E-state index in [-0.39, 0.29) is 11.7 Å². The van der Waals surface area contributed by atoms with Gasteiger partial charge in [-0.2, -0.15) is 0 Å². The van der Waals surface area contributed by atoms with E-state index in [1.54, 1.807) is 24.3 Å². The number of phenolic OH excluding ortho intramolecular Hbond substituents is 1. The van der Waals surface area contributed by atoms with E-state index in [9.17, 15) is 9.90 Å². The fourth-order valence-corrected chi connectivity index (χ4v) is 3.13. The lowest BCUT2D eigenvalue weighted by Gasteiger charge is -1.96. The maximum atomic E-state index is 12.0. The highest BCUT2D eigenvalue weighted by molar-refractivity contribution is 8.18. The zero-order valence-electron chi connectivity index (χ0n) is 12.4. The molecule has 1 heterocycles. The molecular formula is C18H13ClN2O2S. The van der Waals surface area contributed by atoms with Crippen LogP contribution in [0.15, 0.2) is 75.6 Å². The molecule has 4 nitrogen and oxygen atoms in total. The number of nitrogens with zero attached hydrogens (tertiary/aromatic N) is 1. The number of benzene rings is 2. The molecule has 0 bridgehead atoms. The number of carbonyl (C=O) groups excluding carboxylic acids is 1. The molecule has 3 rings (SSSR count). The van der Waals surface area contributed by atoms with Gasteiger partial charge in [0.15, 0.2) is 5.17 Å². The smallest absolute Gasteiger partial charge is 0.264 e. The Hall–Kier alpha value is -2.50. The second kappa shape index (κ2) is 7.38. The lowest BCUT2D eigenvalue weighted by atomic mass is 10.2. The molecule has 0 saturated carbocycles. The summed E-state index contributed by atoms with van der Waals surface area (Å²) in [5.74, 6) is -0.0717. The predicted octanol–water partition coefficient (Wildman–Crippen LogP) is 4.41. The Bertz CT molecular complexity index is 843. The highest BCUT2D eigenvalue weighted by Crippen LogP contribution is 2.28. The summed E-state index contributed by atoms with van der Waals surface area (Å²) in [6.45, 7) is 0. The number of amides is 1. The van der Waals surface area contributed by atoms with E-state index in [4.69, 9.17) is 11.6 Å². The second-order valence-corrected chi connectivity index (χ2v) is 6.41. The van der Waals surface area contributed by atoms with Gasteiger partial charge in [0, 0.05) is 5.03 Å². The maximum Gasteiger partial charge on any atom is 0.264 e. The van der Waals surface area contributed by atoms with Crippen LogP contribution >= 0.6 is 23.4 Å². The van der Waals surface area contributed by atoms with Crippen LogP contribution in [0, 0.1) is 0 Å². The maximum absolute atomic E-state index is 12.0. The van der Waals surface area contributed by atoms with E-state index < -0.39 is 0 Å². The molecule has 2 aromatic rings. The molecule has 1 aliphatic rings. The van der Waals surface area contributed by atoms with Crippen LogP contribution in [-0.4, -0.2) is 16.2 Å². The topological polar surface area (TPSA) is 61.7 Å². The molecule has 1 fully saturated rings. The van der Waals surface area contributed by atoms with E-state index in [1.165, 1.54) is 23.9 Å². The molecule has 120 valence electrons. The number of nitrogens with one attached hydrogen (secondary N) is 1. The Morgan fingerprint density at radius 1 is 1.12 bits per heavy atom. The van der Waals surface area contributed by atoms with E-state index in [2.05, 4.69) is 10.3 Å². The van der Waals surface area contributed by atoms with Gasteiger partial charge in [0.1, 0.15) is 5.75 Å². The summed E-state index contributed by atoms with van der Waals surface area (Å²) in [5, 5.41) is 12.9. The van der Waals surface area contributed by atoms with Crippen molar-refractivity contribution in [1.82, 2.24) is 5.32 Å². The van der Waals surface area contributed by atoms with Crippen molar-refractivity contribution in [2.75, 3.05) is 0 Å². The summed E-state index contributed by atoms with van der Waals surface area (Å²) < 4.78 is 0. The third-order valence-electron chi connectivity index (χ3n) is 3.10. The van der Waals surface area contributed by atoms with Gasteiger partial charge in [-0.3, -0.25) is 4.79 Å². The Balaban J connectivity index is 1.77. The van der Waals surface area contributed by atoms with Crippen LogP contribution in [0.1, 0.15) is 5.56 Å². The normalized spacial score (nSPS) is 18.2. The largest absolute Gasteiger partial charge is 0.508 e. The van der Waals surface area contributed by atoms with Gasteiger partial charge >= 0.3 is 0 Å². The van der Waals surface area contributed by atoms with Crippen molar-refractivity contribution in [1.29, 1.82) is 0 Å². The number of allylic oxidation sites excluding steroid dienone is 2. The van der Waals surface area contributed by atoms with Gasteiger partial charge < -0.3 is 10.4 Å². The number of aliphatic imine (C=N–C) groups is 1. The zero-order chi connectivity index (χ0) is 16.9. The van der Waals surface area contributed by atoms with E-state index in [0.717, 1.165) is 5.56 Å². The quantitative estimate of drug-likeness (QED) is 0.801. The van der Waals surface area contributed by atoms with Crippen LogP contribution in [0.5, 0.6) is 5.75 Å². The summed E-state index contributed by atoms with van der Waals surface area (Å²) in [4.78, 5) is 16.8. The van der Waals surface area contributed by atoms with Crippen molar-refractivity contribution < 1.29 is 9.90 Å². The third kappa shape index (κ3) is 4.28. The Kier molecular flexibility index (Phi) is 5.03. The highest BCUT2D eigenvalue weighted by Gasteiger charge is 2.23. The third-order valence-corrected chi connectivity index (χ3v) is 4.23. The first-order valence-electron chi connectivity index (χ1n) is 7.11. The standard InChI is InChI=1S/C18H13ClN2O2S/c19-13(10-12-4-2-1-3-5-12)11-16-17(23)21-18(24-16)20-14-6-8-15(22)9-7-14/h1-11,22H,(H,20,21,23)/b13-10-,16-11-. The SMILES string of the molecule is O=C1NC(=Nc2ccc(O)cc2)S/C1=C\C(Cl)=C\c1ccccc1. The number of hydrogen-bond acceptors (Lipinski definition) is 4. The first kappa shape index (κ1) is 16.4. The minimum absolute atomic E-state index is 0.167. The number of carbonyl (C=O) groups is 1. The Morgan fingerprint density at radius 2 is 1.83 bits per heavy atom. The van der Waals surface area contributed by atoms with Gasteiger partial charge in [0.2, 0.25) is 0 Å². The molecule has 2 N–H and O–H groups in total. The number of aromatic hydroxyl groups is 1. The van der Waals surface area contributed by atoms with Crippen molar-refractivity contribution in [3.05, 3.63) is 76.2 Å². The van der Waals surface area contributed by atoms with Gasteiger partial charge in [-0.25, -0.2) is 4.99 Å². The highest BCUT2D eigenvalue weighted by atomic mass is 35.5. The fourth-order valence-electron chi connectivity index (χ4n) is 2.00. The van der Waals surface area contributed by atoms with E-state index >= 15 is 0 Å². The zero-order valence-corrected chi connectivity index (χ0v) is 14.0. The van der Waals surface area contributed by atoms with Gasteiger partial charge in [0.25, 0.3) is 5.91 Å². The summed E-state index contributed by atoms with van der Waals surface area (Å²) >= 11 is 7.43. The second-order valence-electron chi connectivity index (χ2n) is 4.94. The monoisotopic (exact) mass is 356 g/mol. The molecule has 2 aromatic carbocycles. The molecule has 0 aromatic heterocycles.